The summed E-state index contributed by atoms with van der Waals surface area (Å²) in [5.74, 6) is 0.275. The summed E-state index contributed by atoms with van der Waals surface area (Å²) in [4.78, 5) is 2.29. The van der Waals surface area contributed by atoms with Gasteiger partial charge in [-0.2, -0.15) is 5.10 Å². The Labute approximate surface area is 114 Å². The van der Waals surface area contributed by atoms with E-state index in [2.05, 4.69) is 29.1 Å². The summed E-state index contributed by atoms with van der Waals surface area (Å²) >= 11 is 0. The molecule has 0 bridgehead atoms. The van der Waals surface area contributed by atoms with Crippen molar-refractivity contribution in [2.45, 2.75) is 26.3 Å². The van der Waals surface area contributed by atoms with Crippen LogP contribution in [0.2, 0.25) is 0 Å². The van der Waals surface area contributed by atoms with Crippen LogP contribution in [0.15, 0.2) is 30.5 Å². The standard InChI is InChI=1S/C15H21N3O/c1-3-4-8-18(2)11-13-10-16-17-15(13)12-6-5-7-14(19)9-12/h5-7,9-10,19H,3-4,8,11H2,1-2H3,(H,16,17). The van der Waals surface area contributed by atoms with Gasteiger partial charge in [-0.1, -0.05) is 25.5 Å². The summed E-state index contributed by atoms with van der Waals surface area (Å²) < 4.78 is 0. The van der Waals surface area contributed by atoms with E-state index in [-0.39, 0.29) is 5.75 Å². The number of hydrogen-bond donors (Lipinski definition) is 2. The molecule has 1 aromatic carbocycles. The molecule has 19 heavy (non-hydrogen) atoms. The van der Waals surface area contributed by atoms with Crippen LogP contribution in [-0.2, 0) is 6.54 Å². The van der Waals surface area contributed by atoms with E-state index in [0.29, 0.717) is 0 Å². The number of phenolic OH excluding ortho intramolecular Hbond substituents is 1. The van der Waals surface area contributed by atoms with E-state index >= 15 is 0 Å². The summed E-state index contributed by atoms with van der Waals surface area (Å²) in [5, 5.41) is 16.7. The van der Waals surface area contributed by atoms with Gasteiger partial charge in [-0.05, 0) is 32.1 Å². The van der Waals surface area contributed by atoms with Crippen LogP contribution in [0, 0.1) is 0 Å². The lowest BCUT2D eigenvalue weighted by atomic mass is 10.1. The number of nitrogens with zero attached hydrogens (tertiary/aromatic N) is 2. The van der Waals surface area contributed by atoms with Gasteiger partial charge >= 0.3 is 0 Å². The van der Waals surface area contributed by atoms with E-state index in [1.54, 1.807) is 12.1 Å². The number of phenols is 1. The molecule has 0 spiro atoms. The predicted octanol–water partition coefficient (Wildman–Crippen LogP) is 3.01. The fourth-order valence-corrected chi connectivity index (χ4v) is 2.14. The van der Waals surface area contributed by atoms with Crippen LogP contribution >= 0.6 is 0 Å². The molecule has 0 saturated carbocycles. The van der Waals surface area contributed by atoms with Crippen molar-refractivity contribution >= 4 is 0 Å². The fourth-order valence-electron chi connectivity index (χ4n) is 2.14. The molecule has 2 rings (SSSR count). The van der Waals surface area contributed by atoms with Gasteiger partial charge in [0, 0.05) is 17.7 Å². The lowest BCUT2D eigenvalue weighted by Gasteiger charge is -2.16. The van der Waals surface area contributed by atoms with Gasteiger partial charge in [-0.15, -0.1) is 0 Å². The molecule has 1 aromatic heterocycles. The van der Waals surface area contributed by atoms with Crippen molar-refractivity contribution in [3.63, 3.8) is 0 Å². The molecule has 0 atom stereocenters. The summed E-state index contributed by atoms with van der Waals surface area (Å²) in [6, 6.07) is 7.24. The third-order valence-corrected chi connectivity index (χ3v) is 3.19. The Hall–Kier alpha value is -1.81. The Balaban J connectivity index is 2.13. The Morgan fingerprint density at radius 3 is 2.95 bits per heavy atom. The number of aromatic amines is 1. The second kappa shape index (κ2) is 6.38. The molecular formula is C15H21N3O. The molecule has 0 unspecified atom stereocenters. The fraction of sp³-hybridized carbons (Fsp3) is 0.400. The number of unbranched alkanes of at least 4 members (excludes halogenated alkanes) is 1. The van der Waals surface area contributed by atoms with Gasteiger partial charge in [-0.25, -0.2) is 0 Å². The zero-order valence-electron chi connectivity index (χ0n) is 11.6. The number of aromatic nitrogens is 2. The van der Waals surface area contributed by atoms with E-state index in [9.17, 15) is 5.11 Å². The first-order valence-electron chi connectivity index (χ1n) is 6.71. The van der Waals surface area contributed by atoms with E-state index < -0.39 is 0 Å². The van der Waals surface area contributed by atoms with Crippen molar-refractivity contribution < 1.29 is 5.11 Å². The van der Waals surface area contributed by atoms with Crippen LogP contribution in [0.3, 0.4) is 0 Å². The molecule has 4 heteroatoms. The number of H-pyrrole nitrogens is 1. The maximum absolute atomic E-state index is 9.56. The van der Waals surface area contributed by atoms with Crippen molar-refractivity contribution in [3.8, 4) is 17.0 Å². The minimum atomic E-state index is 0.275. The molecule has 0 saturated heterocycles. The second-order valence-electron chi connectivity index (χ2n) is 4.91. The Morgan fingerprint density at radius 1 is 1.37 bits per heavy atom. The molecule has 2 aromatic rings. The predicted molar refractivity (Wildman–Crippen MR) is 76.9 cm³/mol. The summed E-state index contributed by atoms with van der Waals surface area (Å²) in [6.45, 7) is 4.15. The second-order valence-corrected chi connectivity index (χ2v) is 4.91. The van der Waals surface area contributed by atoms with Gasteiger partial charge in [-0.3, -0.25) is 5.10 Å². The first-order chi connectivity index (χ1) is 9.20. The molecule has 1 heterocycles. The number of rotatable bonds is 6. The van der Waals surface area contributed by atoms with Crippen LogP contribution in [0.5, 0.6) is 5.75 Å². The molecule has 2 N–H and O–H groups in total. The summed E-state index contributed by atoms with van der Waals surface area (Å²) in [5.41, 5.74) is 3.11. The number of aromatic hydroxyl groups is 1. The van der Waals surface area contributed by atoms with Crippen molar-refractivity contribution in [3.05, 3.63) is 36.0 Å². The minimum absolute atomic E-state index is 0.275. The Morgan fingerprint density at radius 2 is 2.21 bits per heavy atom. The van der Waals surface area contributed by atoms with Gasteiger partial charge < -0.3 is 10.0 Å². The molecule has 0 aliphatic carbocycles. The summed E-state index contributed by atoms with van der Waals surface area (Å²) in [6.07, 6.45) is 4.27. The van der Waals surface area contributed by atoms with Crippen LogP contribution in [0.4, 0.5) is 0 Å². The van der Waals surface area contributed by atoms with Gasteiger partial charge in [0.15, 0.2) is 0 Å². The van der Waals surface area contributed by atoms with E-state index in [0.717, 1.165) is 29.9 Å². The Kier molecular flexibility index (Phi) is 4.58. The van der Waals surface area contributed by atoms with Crippen molar-refractivity contribution in [2.24, 2.45) is 0 Å². The van der Waals surface area contributed by atoms with Crippen LogP contribution in [0.1, 0.15) is 25.3 Å². The number of hydrogen-bond acceptors (Lipinski definition) is 3. The van der Waals surface area contributed by atoms with Gasteiger partial charge in [0.2, 0.25) is 0 Å². The molecule has 0 radical (unpaired) electrons. The molecular weight excluding hydrogens is 238 g/mol. The van der Waals surface area contributed by atoms with E-state index in [1.807, 2.05) is 18.3 Å². The van der Waals surface area contributed by atoms with Gasteiger partial charge in [0.25, 0.3) is 0 Å². The lowest BCUT2D eigenvalue weighted by molar-refractivity contribution is 0.321. The molecule has 4 nitrogen and oxygen atoms in total. The van der Waals surface area contributed by atoms with Gasteiger partial charge in [0.05, 0.1) is 11.9 Å². The van der Waals surface area contributed by atoms with Gasteiger partial charge in [0.1, 0.15) is 5.75 Å². The lowest BCUT2D eigenvalue weighted by Crippen LogP contribution is -2.19. The first-order valence-corrected chi connectivity index (χ1v) is 6.71. The zero-order chi connectivity index (χ0) is 13.7. The van der Waals surface area contributed by atoms with Crippen LogP contribution in [0.25, 0.3) is 11.3 Å². The van der Waals surface area contributed by atoms with Crippen molar-refractivity contribution in [1.29, 1.82) is 0 Å². The van der Waals surface area contributed by atoms with E-state index in [1.165, 1.54) is 12.8 Å². The highest BCUT2D eigenvalue weighted by atomic mass is 16.3. The number of nitrogens with one attached hydrogen (secondary N) is 1. The average molecular weight is 259 g/mol. The largest absolute Gasteiger partial charge is 0.508 e. The first kappa shape index (κ1) is 13.6. The minimum Gasteiger partial charge on any atom is -0.508 e. The third-order valence-electron chi connectivity index (χ3n) is 3.19. The van der Waals surface area contributed by atoms with Crippen molar-refractivity contribution in [1.82, 2.24) is 15.1 Å². The smallest absolute Gasteiger partial charge is 0.116 e. The highest BCUT2D eigenvalue weighted by molar-refractivity contribution is 5.64. The normalized spacial score (nSPS) is 11.1. The highest BCUT2D eigenvalue weighted by Crippen LogP contribution is 2.25. The molecule has 102 valence electrons. The molecule has 0 amide bonds. The molecule has 0 aliphatic heterocycles. The van der Waals surface area contributed by atoms with Crippen LogP contribution in [-0.4, -0.2) is 33.8 Å². The van der Waals surface area contributed by atoms with Crippen molar-refractivity contribution in [2.75, 3.05) is 13.6 Å². The summed E-state index contributed by atoms with van der Waals surface area (Å²) in [7, 11) is 2.12. The quantitative estimate of drug-likeness (QED) is 0.838. The highest BCUT2D eigenvalue weighted by Gasteiger charge is 2.10. The van der Waals surface area contributed by atoms with E-state index in [4.69, 9.17) is 0 Å². The van der Waals surface area contributed by atoms with Crippen LogP contribution < -0.4 is 0 Å². The molecule has 0 fully saturated rings. The average Bonchev–Trinajstić information content (AvgIpc) is 2.84. The topological polar surface area (TPSA) is 52.2 Å². The maximum Gasteiger partial charge on any atom is 0.116 e. The Bertz CT molecular complexity index is 522. The maximum atomic E-state index is 9.56. The SMILES string of the molecule is CCCCN(C)Cc1cn[nH]c1-c1cccc(O)c1. The molecule has 0 aliphatic rings. The third kappa shape index (κ3) is 3.58. The zero-order valence-corrected chi connectivity index (χ0v) is 11.6. The number of benzene rings is 1. The monoisotopic (exact) mass is 259 g/mol.